The lowest BCUT2D eigenvalue weighted by Gasteiger charge is -2.51. The molecular weight excluding hydrogens is 330 g/mol. The fourth-order valence-corrected chi connectivity index (χ4v) is 4.64. The molecule has 2 aliphatic rings. The summed E-state index contributed by atoms with van der Waals surface area (Å²) in [6, 6.07) is 0.149. The molecule has 0 spiro atoms. The molecule has 0 bridgehead atoms. The number of piperidine rings is 2. The van der Waals surface area contributed by atoms with Gasteiger partial charge in [0.05, 0.1) is 0 Å². The largest absolute Gasteiger partial charge is 0.353 e. The summed E-state index contributed by atoms with van der Waals surface area (Å²) in [5, 5.41) is 25.7. The predicted octanol–water partition coefficient (Wildman–Crippen LogP) is 3.95. The molecule has 2 saturated heterocycles. The summed E-state index contributed by atoms with van der Waals surface area (Å²) in [5.74, 6) is -0.00186. The number of hydrogen-bond acceptors (Lipinski definition) is 5. The molecule has 154 valence electrons. The van der Waals surface area contributed by atoms with Crippen LogP contribution in [0.4, 0.5) is 0 Å². The Bertz CT molecular complexity index is 467. The summed E-state index contributed by atoms with van der Waals surface area (Å²) >= 11 is 0. The van der Waals surface area contributed by atoms with Gasteiger partial charge in [-0.25, -0.2) is 0 Å². The van der Waals surface area contributed by atoms with E-state index in [9.17, 15) is 15.2 Å². The van der Waals surface area contributed by atoms with Gasteiger partial charge < -0.3 is 15.7 Å². The molecule has 0 saturated carbocycles. The molecule has 2 heterocycles. The fraction of sp³-hybridized carbons (Fsp3) is 0.950. The van der Waals surface area contributed by atoms with E-state index >= 15 is 0 Å². The molecule has 0 aliphatic carbocycles. The van der Waals surface area contributed by atoms with Crippen LogP contribution in [0, 0.1) is 0 Å². The van der Waals surface area contributed by atoms with Gasteiger partial charge in [-0.2, -0.15) is 10.1 Å². The van der Waals surface area contributed by atoms with E-state index in [0.29, 0.717) is 0 Å². The van der Waals surface area contributed by atoms with Crippen molar-refractivity contribution in [1.82, 2.24) is 15.4 Å². The minimum atomic E-state index is -0.297. The van der Waals surface area contributed by atoms with Crippen molar-refractivity contribution in [1.29, 1.82) is 0 Å². The number of rotatable bonds is 1. The molecule has 2 aliphatic heterocycles. The lowest BCUT2D eigenvalue weighted by Crippen LogP contribution is -2.62. The first-order valence-corrected chi connectivity index (χ1v) is 9.77. The van der Waals surface area contributed by atoms with E-state index in [2.05, 4.69) is 33.0 Å². The van der Waals surface area contributed by atoms with Gasteiger partial charge in [0.15, 0.2) is 0 Å². The molecule has 1 amide bonds. The van der Waals surface area contributed by atoms with Crippen LogP contribution in [0.5, 0.6) is 0 Å². The van der Waals surface area contributed by atoms with E-state index in [1.807, 2.05) is 27.7 Å². The van der Waals surface area contributed by atoms with E-state index in [1.165, 1.54) is 23.5 Å². The molecule has 6 nitrogen and oxygen atoms in total. The quantitative estimate of drug-likeness (QED) is 0.651. The van der Waals surface area contributed by atoms with Gasteiger partial charge in [0.2, 0.25) is 5.91 Å². The first-order chi connectivity index (χ1) is 11.5. The second-order valence-electron chi connectivity index (χ2n) is 10.5. The maximum atomic E-state index is 11.0. The second-order valence-corrected chi connectivity index (χ2v) is 10.5. The Morgan fingerprint density at radius 2 is 1.15 bits per heavy atom. The molecule has 0 aromatic carbocycles. The van der Waals surface area contributed by atoms with Crippen LogP contribution in [0.15, 0.2) is 0 Å². The van der Waals surface area contributed by atoms with Gasteiger partial charge in [0.25, 0.3) is 0 Å². The van der Waals surface area contributed by atoms with Crippen molar-refractivity contribution in [3.63, 3.8) is 0 Å². The molecule has 3 N–H and O–H groups in total. The molecule has 0 atom stereocenters. The summed E-state index contributed by atoms with van der Waals surface area (Å²) in [4.78, 5) is 11.0. The normalized spacial score (nSPS) is 28.0. The number of amides is 1. The fourth-order valence-electron chi connectivity index (χ4n) is 4.64. The molecule has 0 unspecified atom stereocenters. The summed E-state index contributed by atoms with van der Waals surface area (Å²) in [6.07, 6.45) is 4.94. The van der Waals surface area contributed by atoms with Crippen molar-refractivity contribution < 1.29 is 15.2 Å². The monoisotopic (exact) mass is 371 g/mol. The zero-order chi connectivity index (χ0) is 20.6. The Morgan fingerprint density at radius 1 is 0.808 bits per heavy atom. The number of nitrogens with zero attached hydrogens (tertiary/aromatic N) is 2. The number of carbonyl (C=O) groups excluding carboxylic acids is 1. The smallest absolute Gasteiger partial charge is 0.217 e. The zero-order valence-corrected chi connectivity index (χ0v) is 18.3. The molecule has 0 radical (unpaired) electrons. The number of hydroxylamine groups is 4. The van der Waals surface area contributed by atoms with Gasteiger partial charge in [-0.3, -0.25) is 4.79 Å². The highest BCUT2D eigenvalue weighted by atomic mass is 16.5. The Hall–Kier alpha value is -0.690. The molecule has 2 rings (SSSR count). The molecule has 0 aromatic heterocycles. The van der Waals surface area contributed by atoms with Gasteiger partial charge in [-0.15, -0.1) is 0 Å². The third-order valence-corrected chi connectivity index (χ3v) is 5.77. The van der Waals surface area contributed by atoms with Crippen molar-refractivity contribution in [2.75, 3.05) is 0 Å². The van der Waals surface area contributed by atoms with Crippen molar-refractivity contribution >= 4 is 5.91 Å². The topological polar surface area (TPSA) is 76.0 Å². The highest BCUT2D eigenvalue weighted by Gasteiger charge is 2.45. The van der Waals surface area contributed by atoms with Crippen LogP contribution >= 0.6 is 0 Å². The molecule has 0 aromatic rings. The van der Waals surface area contributed by atoms with Crippen LogP contribution in [0.3, 0.4) is 0 Å². The summed E-state index contributed by atoms with van der Waals surface area (Å²) in [7, 11) is 0. The maximum Gasteiger partial charge on any atom is 0.217 e. The van der Waals surface area contributed by atoms with Crippen LogP contribution in [-0.4, -0.2) is 54.6 Å². The standard InChI is InChI=1S/C11H22N2O2.C9H19NO/c1-8(14)12-9-6-10(2,3)13(15)11(4,5)7-9;1-8(2)6-5-7-9(3,4)10(8)11/h9,15H,6-7H2,1-5H3,(H,12,14);11H,5-7H2,1-4H3. The molecule has 6 heteroatoms. The van der Waals surface area contributed by atoms with Crippen LogP contribution < -0.4 is 5.32 Å². The average molecular weight is 372 g/mol. The zero-order valence-electron chi connectivity index (χ0n) is 18.3. The lowest BCUT2D eigenvalue weighted by molar-refractivity contribution is -0.246. The maximum absolute atomic E-state index is 11.0. The van der Waals surface area contributed by atoms with Crippen LogP contribution in [-0.2, 0) is 4.79 Å². The minimum Gasteiger partial charge on any atom is -0.353 e. The Labute approximate surface area is 159 Å². The Balaban J connectivity index is 0.000000273. The van der Waals surface area contributed by atoms with Crippen molar-refractivity contribution in [2.24, 2.45) is 0 Å². The number of hydrogen-bond donors (Lipinski definition) is 3. The van der Waals surface area contributed by atoms with Crippen LogP contribution in [0.25, 0.3) is 0 Å². The number of carbonyl (C=O) groups is 1. The average Bonchev–Trinajstić information content (AvgIpc) is 2.41. The van der Waals surface area contributed by atoms with E-state index in [-0.39, 0.29) is 34.1 Å². The van der Waals surface area contributed by atoms with E-state index in [1.54, 1.807) is 0 Å². The van der Waals surface area contributed by atoms with E-state index < -0.39 is 0 Å². The van der Waals surface area contributed by atoms with Crippen LogP contribution in [0.2, 0.25) is 0 Å². The van der Waals surface area contributed by atoms with Crippen molar-refractivity contribution in [3.8, 4) is 0 Å². The van der Waals surface area contributed by atoms with Gasteiger partial charge in [-0.05, 0) is 87.5 Å². The first-order valence-electron chi connectivity index (χ1n) is 9.77. The van der Waals surface area contributed by atoms with E-state index in [4.69, 9.17) is 0 Å². The Kier molecular flexibility index (Phi) is 6.95. The van der Waals surface area contributed by atoms with E-state index in [0.717, 1.165) is 25.7 Å². The molecule has 2 fully saturated rings. The SMILES string of the molecule is CC(=O)NC1CC(C)(C)N(O)C(C)(C)C1.CC1(C)CCCC(C)(C)N1O. The lowest BCUT2D eigenvalue weighted by atomic mass is 9.79. The van der Waals surface area contributed by atoms with Gasteiger partial charge in [0, 0.05) is 35.1 Å². The molecular formula is C20H41N3O3. The van der Waals surface area contributed by atoms with Gasteiger partial charge in [0.1, 0.15) is 0 Å². The summed E-state index contributed by atoms with van der Waals surface area (Å²) < 4.78 is 0. The van der Waals surface area contributed by atoms with Gasteiger partial charge in [-0.1, -0.05) is 0 Å². The van der Waals surface area contributed by atoms with Crippen LogP contribution in [0.1, 0.15) is 94.4 Å². The van der Waals surface area contributed by atoms with Crippen molar-refractivity contribution in [2.45, 2.75) is 123 Å². The molecule has 26 heavy (non-hydrogen) atoms. The Morgan fingerprint density at radius 3 is 1.46 bits per heavy atom. The van der Waals surface area contributed by atoms with Gasteiger partial charge >= 0.3 is 0 Å². The minimum absolute atomic E-state index is 0.00186. The summed E-state index contributed by atoms with van der Waals surface area (Å²) in [6.45, 7) is 17.9. The first kappa shape index (κ1) is 23.3. The third-order valence-electron chi connectivity index (χ3n) is 5.77. The van der Waals surface area contributed by atoms with Crippen molar-refractivity contribution in [3.05, 3.63) is 0 Å². The second kappa shape index (κ2) is 7.74. The predicted molar refractivity (Wildman–Crippen MR) is 104 cm³/mol. The third kappa shape index (κ3) is 5.65. The highest BCUT2D eigenvalue weighted by molar-refractivity contribution is 5.73. The highest BCUT2D eigenvalue weighted by Crippen LogP contribution is 2.37. The number of nitrogens with one attached hydrogen (secondary N) is 1. The summed E-state index contributed by atoms with van der Waals surface area (Å²) in [5.41, 5.74) is -0.673.